The highest BCUT2D eigenvalue weighted by Gasteiger charge is 2.09. The Labute approximate surface area is 129 Å². The lowest BCUT2D eigenvalue weighted by Crippen LogP contribution is -2.30. The molecule has 120 valence electrons. The van der Waals surface area contributed by atoms with Crippen LogP contribution in [0, 0.1) is 0 Å². The van der Waals surface area contributed by atoms with E-state index in [2.05, 4.69) is 41.6 Å². The Balaban J connectivity index is 2.55. The van der Waals surface area contributed by atoms with Crippen molar-refractivity contribution < 1.29 is 5.11 Å². The maximum Gasteiger partial charge on any atom is 0.0957 e. The Hall–Kier alpha value is -1.13. The fourth-order valence-corrected chi connectivity index (χ4v) is 2.49. The van der Waals surface area contributed by atoms with Gasteiger partial charge in [0.2, 0.25) is 0 Å². The van der Waals surface area contributed by atoms with Gasteiger partial charge in [-0.1, -0.05) is 20.8 Å². The van der Waals surface area contributed by atoms with Crippen LogP contribution in [-0.4, -0.2) is 47.7 Å². The monoisotopic (exact) mass is 293 g/mol. The first-order valence-electron chi connectivity index (χ1n) is 8.27. The largest absolute Gasteiger partial charge is 0.387 e. The summed E-state index contributed by atoms with van der Waals surface area (Å²) in [7, 11) is 0. The van der Waals surface area contributed by atoms with Crippen LogP contribution in [-0.2, 0) is 0 Å². The Bertz CT molecular complexity index is 376. The van der Waals surface area contributed by atoms with Gasteiger partial charge in [-0.25, -0.2) is 0 Å². The number of anilines is 1. The van der Waals surface area contributed by atoms with Crippen molar-refractivity contribution in [1.82, 2.24) is 9.88 Å². The van der Waals surface area contributed by atoms with Gasteiger partial charge in [0, 0.05) is 13.1 Å². The third kappa shape index (κ3) is 5.64. The second-order valence-corrected chi connectivity index (χ2v) is 5.33. The molecule has 0 spiro atoms. The molecule has 0 radical (unpaired) electrons. The number of aliphatic hydroxyl groups excluding tert-OH is 1. The van der Waals surface area contributed by atoms with Crippen LogP contribution >= 0.6 is 0 Å². The summed E-state index contributed by atoms with van der Waals surface area (Å²) in [5, 5.41) is 9.79. The number of aromatic nitrogens is 1. The van der Waals surface area contributed by atoms with Gasteiger partial charge in [-0.15, -0.1) is 0 Å². The van der Waals surface area contributed by atoms with Gasteiger partial charge >= 0.3 is 0 Å². The van der Waals surface area contributed by atoms with Gasteiger partial charge in [0.05, 0.1) is 23.7 Å². The molecule has 0 aromatic carbocycles. The lowest BCUT2D eigenvalue weighted by Gasteiger charge is -2.25. The molecule has 1 aromatic heterocycles. The topological polar surface area (TPSA) is 39.6 Å². The molecule has 1 unspecified atom stereocenters. The van der Waals surface area contributed by atoms with E-state index in [0.717, 1.165) is 50.5 Å². The lowest BCUT2D eigenvalue weighted by atomic mass is 10.2. The van der Waals surface area contributed by atoms with Crippen LogP contribution < -0.4 is 4.90 Å². The molecule has 1 atom stereocenters. The molecule has 0 aliphatic heterocycles. The molecule has 0 bridgehead atoms. The van der Waals surface area contributed by atoms with Gasteiger partial charge in [0.15, 0.2) is 0 Å². The zero-order chi connectivity index (χ0) is 15.7. The van der Waals surface area contributed by atoms with Crippen molar-refractivity contribution in [2.75, 3.05) is 37.6 Å². The fourth-order valence-electron chi connectivity index (χ4n) is 2.49. The Kier molecular flexibility index (Phi) is 8.31. The van der Waals surface area contributed by atoms with Crippen molar-refractivity contribution in [2.24, 2.45) is 0 Å². The summed E-state index contributed by atoms with van der Waals surface area (Å²) in [5.41, 5.74) is 1.91. The highest BCUT2D eigenvalue weighted by molar-refractivity contribution is 5.44. The zero-order valence-electron chi connectivity index (χ0n) is 14.0. The molecule has 0 aliphatic rings. The van der Waals surface area contributed by atoms with E-state index in [-0.39, 0.29) is 0 Å². The molecule has 1 aromatic rings. The van der Waals surface area contributed by atoms with E-state index in [0.29, 0.717) is 6.42 Å². The second kappa shape index (κ2) is 9.74. The average Bonchev–Trinajstić information content (AvgIpc) is 2.55. The predicted molar refractivity (Wildman–Crippen MR) is 89.8 cm³/mol. The molecule has 1 N–H and O–H groups in total. The average molecular weight is 293 g/mol. The SMILES string of the molecule is CCC(O)c1ccc(N(CC)CCCN(CC)CC)cn1. The number of hydrogen-bond donors (Lipinski definition) is 1. The molecule has 21 heavy (non-hydrogen) atoms. The predicted octanol–water partition coefficient (Wildman–Crippen LogP) is 3.08. The molecule has 4 nitrogen and oxygen atoms in total. The maximum absolute atomic E-state index is 9.79. The summed E-state index contributed by atoms with van der Waals surface area (Å²) >= 11 is 0. The Morgan fingerprint density at radius 1 is 1.05 bits per heavy atom. The number of pyridine rings is 1. The highest BCUT2D eigenvalue weighted by atomic mass is 16.3. The molecule has 0 amide bonds. The molecule has 0 aliphatic carbocycles. The van der Waals surface area contributed by atoms with Gasteiger partial charge < -0.3 is 14.9 Å². The molecular weight excluding hydrogens is 262 g/mol. The van der Waals surface area contributed by atoms with Crippen molar-refractivity contribution in [2.45, 2.75) is 46.6 Å². The van der Waals surface area contributed by atoms with Crippen LogP contribution in [0.2, 0.25) is 0 Å². The van der Waals surface area contributed by atoms with Crippen LogP contribution in [0.5, 0.6) is 0 Å². The van der Waals surface area contributed by atoms with Crippen molar-refractivity contribution >= 4 is 5.69 Å². The highest BCUT2D eigenvalue weighted by Crippen LogP contribution is 2.18. The number of nitrogens with zero attached hydrogens (tertiary/aromatic N) is 3. The van der Waals surface area contributed by atoms with Crippen molar-refractivity contribution in [1.29, 1.82) is 0 Å². The minimum atomic E-state index is -0.447. The third-order valence-corrected chi connectivity index (χ3v) is 4.04. The van der Waals surface area contributed by atoms with E-state index < -0.39 is 6.10 Å². The fraction of sp³-hybridized carbons (Fsp3) is 0.706. The van der Waals surface area contributed by atoms with Crippen molar-refractivity contribution in [3.63, 3.8) is 0 Å². The molecular formula is C17H31N3O. The Morgan fingerprint density at radius 3 is 2.24 bits per heavy atom. The van der Waals surface area contributed by atoms with Crippen LogP contribution in [0.1, 0.15) is 52.3 Å². The van der Waals surface area contributed by atoms with Gasteiger partial charge in [-0.3, -0.25) is 4.98 Å². The van der Waals surface area contributed by atoms with Crippen LogP contribution in [0.25, 0.3) is 0 Å². The zero-order valence-corrected chi connectivity index (χ0v) is 14.0. The lowest BCUT2D eigenvalue weighted by molar-refractivity contribution is 0.169. The number of hydrogen-bond acceptors (Lipinski definition) is 4. The molecule has 1 rings (SSSR count). The first-order valence-corrected chi connectivity index (χ1v) is 8.27. The summed E-state index contributed by atoms with van der Waals surface area (Å²) in [6.07, 6.45) is 3.30. The van der Waals surface area contributed by atoms with Gasteiger partial charge in [0.1, 0.15) is 0 Å². The van der Waals surface area contributed by atoms with E-state index in [1.165, 1.54) is 0 Å². The van der Waals surface area contributed by atoms with E-state index in [9.17, 15) is 5.11 Å². The van der Waals surface area contributed by atoms with E-state index in [1.807, 2.05) is 19.2 Å². The van der Waals surface area contributed by atoms with Gasteiger partial charge in [0.25, 0.3) is 0 Å². The van der Waals surface area contributed by atoms with Crippen LogP contribution in [0.15, 0.2) is 18.3 Å². The summed E-state index contributed by atoms with van der Waals surface area (Å²) in [6, 6.07) is 4.01. The smallest absolute Gasteiger partial charge is 0.0957 e. The van der Waals surface area contributed by atoms with E-state index in [1.54, 1.807) is 0 Å². The standard InChI is InChI=1S/C17H31N3O/c1-5-17(21)16-11-10-15(14-18-16)20(8-4)13-9-12-19(6-2)7-3/h10-11,14,17,21H,5-9,12-13H2,1-4H3. The number of aliphatic hydroxyl groups is 1. The van der Waals surface area contributed by atoms with Gasteiger partial charge in [-0.05, 0) is 51.5 Å². The molecule has 0 saturated heterocycles. The van der Waals surface area contributed by atoms with Crippen LogP contribution in [0.4, 0.5) is 5.69 Å². The minimum Gasteiger partial charge on any atom is -0.387 e. The van der Waals surface area contributed by atoms with Gasteiger partial charge in [-0.2, -0.15) is 0 Å². The molecule has 0 saturated carbocycles. The van der Waals surface area contributed by atoms with Crippen molar-refractivity contribution in [3.05, 3.63) is 24.0 Å². The summed E-state index contributed by atoms with van der Waals surface area (Å²) in [6.45, 7) is 14.0. The van der Waals surface area contributed by atoms with Crippen molar-refractivity contribution in [3.8, 4) is 0 Å². The first kappa shape index (κ1) is 17.9. The molecule has 0 fully saturated rings. The van der Waals surface area contributed by atoms with E-state index >= 15 is 0 Å². The summed E-state index contributed by atoms with van der Waals surface area (Å²) in [4.78, 5) is 9.19. The maximum atomic E-state index is 9.79. The molecule has 4 heteroatoms. The number of rotatable bonds is 10. The Morgan fingerprint density at radius 2 is 1.76 bits per heavy atom. The quantitative estimate of drug-likeness (QED) is 0.719. The normalized spacial score (nSPS) is 12.7. The first-order chi connectivity index (χ1) is 10.2. The summed E-state index contributed by atoms with van der Waals surface area (Å²) in [5.74, 6) is 0. The summed E-state index contributed by atoms with van der Waals surface area (Å²) < 4.78 is 0. The second-order valence-electron chi connectivity index (χ2n) is 5.33. The minimum absolute atomic E-state index is 0.447. The third-order valence-electron chi connectivity index (χ3n) is 4.04. The molecule has 1 heterocycles. The van der Waals surface area contributed by atoms with Crippen LogP contribution in [0.3, 0.4) is 0 Å². The van der Waals surface area contributed by atoms with E-state index in [4.69, 9.17) is 0 Å².